The topological polar surface area (TPSA) is 54.0 Å². The molecule has 3 rings (SSSR count). The van der Waals surface area contributed by atoms with Crippen LogP contribution in [0.25, 0.3) is 0 Å². The third kappa shape index (κ3) is 3.28. The molecule has 21 heavy (non-hydrogen) atoms. The van der Waals surface area contributed by atoms with Gasteiger partial charge in [0.25, 0.3) is 5.91 Å². The van der Waals surface area contributed by atoms with Crippen LogP contribution in [-0.4, -0.2) is 24.0 Å². The maximum absolute atomic E-state index is 12.4. The first-order valence-corrected chi connectivity index (χ1v) is 7.33. The van der Waals surface area contributed by atoms with E-state index in [0.717, 1.165) is 37.1 Å². The zero-order valence-corrected chi connectivity index (χ0v) is 11.9. The molecule has 0 atom stereocenters. The van der Waals surface area contributed by atoms with Gasteiger partial charge in [0.15, 0.2) is 0 Å². The van der Waals surface area contributed by atoms with E-state index < -0.39 is 0 Å². The summed E-state index contributed by atoms with van der Waals surface area (Å²) in [6.45, 7) is 2.42. The van der Waals surface area contributed by atoms with Gasteiger partial charge in [-0.15, -0.1) is 0 Å². The van der Waals surface area contributed by atoms with Gasteiger partial charge >= 0.3 is 0 Å². The van der Waals surface area contributed by atoms with E-state index in [2.05, 4.69) is 21.7 Å². The van der Waals surface area contributed by atoms with Crippen LogP contribution < -0.4 is 10.6 Å². The normalized spacial score (nSPS) is 13.5. The van der Waals surface area contributed by atoms with Crippen molar-refractivity contribution in [2.45, 2.75) is 19.4 Å². The van der Waals surface area contributed by atoms with Crippen molar-refractivity contribution in [2.24, 2.45) is 0 Å². The molecule has 2 aromatic rings. The number of aromatic nitrogens is 1. The molecule has 0 saturated heterocycles. The van der Waals surface area contributed by atoms with Crippen molar-refractivity contribution in [1.82, 2.24) is 15.6 Å². The first-order chi connectivity index (χ1) is 10.3. The molecule has 2 heterocycles. The van der Waals surface area contributed by atoms with E-state index in [1.54, 1.807) is 6.20 Å². The fraction of sp³-hybridized carbons (Fsp3) is 0.294. The van der Waals surface area contributed by atoms with Crippen LogP contribution in [-0.2, 0) is 19.4 Å². The first kappa shape index (κ1) is 13.8. The highest BCUT2D eigenvalue weighted by Crippen LogP contribution is 2.18. The van der Waals surface area contributed by atoms with E-state index in [9.17, 15) is 4.79 Å². The van der Waals surface area contributed by atoms with Crippen LogP contribution >= 0.6 is 0 Å². The standard InChI is InChI=1S/C17H19N3O/c21-17(20-10-6-13-3-2-8-18-11-13)16-5-1-4-14-12-19-9-7-15(14)16/h1-5,8,11,19H,6-7,9-10,12H2,(H,20,21). The summed E-state index contributed by atoms with van der Waals surface area (Å²) in [5.41, 5.74) is 4.38. The second-order valence-electron chi connectivity index (χ2n) is 5.24. The molecule has 0 saturated carbocycles. The van der Waals surface area contributed by atoms with Crippen molar-refractivity contribution < 1.29 is 4.79 Å². The fourth-order valence-corrected chi connectivity index (χ4v) is 2.71. The summed E-state index contributed by atoms with van der Waals surface area (Å²) < 4.78 is 0. The van der Waals surface area contributed by atoms with Crippen LogP contribution in [0, 0.1) is 0 Å². The van der Waals surface area contributed by atoms with Gasteiger partial charge in [0.05, 0.1) is 0 Å². The Bertz CT molecular complexity index is 625. The van der Waals surface area contributed by atoms with E-state index in [4.69, 9.17) is 0 Å². The quantitative estimate of drug-likeness (QED) is 0.897. The maximum atomic E-state index is 12.4. The molecule has 4 nitrogen and oxygen atoms in total. The molecular weight excluding hydrogens is 262 g/mol. The van der Waals surface area contributed by atoms with Gasteiger partial charge in [-0.1, -0.05) is 18.2 Å². The highest BCUT2D eigenvalue weighted by molar-refractivity contribution is 5.96. The summed E-state index contributed by atoms with van der Waals surface area (Å²) in [4.78, 5) is 16.4. The Hall–Kier alpha value is -2.20. The molecule has 0 aliphatic carbocycles. The molecule has 1 aliphatic rings. The lowest BCUT2D eigenvalue weighted by molar-refractivity contribution is 0.0953. The average molecular weight is 281 g/mol. The van der Waals surface area contributed by atoms with Crippen molar-refractivity contribution in [1.29, 1.82) is 0 Å². The highest BCUT2D eigenvalue weighted by Gasteiger charge is 2.16. The van der Waals surface area contributed by atoms with Crippen molar-refractivity contribution in [3.63, 3.8) is 0 Å². The minimum Gasteiger partial charge on any atom is -0.352 e. The number of carbonyl (C=O) groups is 1. The monoisotopic (exact) mass is 281 g/mol. The van der Waals surface area contributed by atoms with Crippen LogP contribution in [0.2, 0.25) is 0 Å². The Balaban J connectivity index is 1.63. The molecule has 0 fully saturated rings. The van der Waals surface area contributed by atoms with Crippen LogP contribution in [0.4, 0.5) is 0 Å². The van der Waals surface area contributed by atoms with Gasteiger partial charge in [0, 0.05) is 31.0 Å². The van der Waals surface area contributed by atoms with E-state index in [1.807, 2.05) is 30.5 Å². The van der Waals surface area contributed by atoms with Crippen LogP contribution in [0.5, 0.6) is 0 Å². The van der Waals surface area contributed by atoms with E-state index >= 15 is 0 Å². The summed E-state index contributed by atoms with van der Waals surface area (Å²) in [7, 11) is 0. The predicted octanol–water partition coefficient (Wildman–Crippen LogP) is 1.70. The predicted molar refractivity (Wildman–Crippen MR) is 82.1 cm³/mol. The number of amides is 1. The molecule has 1 aromatic heterocycles. The van der Waals surface area contributed by atoms with Crippen LogP contribution in [0.1, 0.15) is 27.0 Å². The minimum atomic E-state index is 0.0256. The van der Waals surface area contributed by atoms with Crippen LogP contribution in [0.3, 0.4) is 0 Å². The Morgan fingerprint density at radius 1 is 1.29 bits per heavy atom. The van der Waals surface area contributed by atoms with Crippen molar-refractivity contribution in [2.75, 3.05) is 13.1 Å². The van der Waals surface area contributed by atoms with Gasteiger partial charge in [-0.25, -0.2) is 0 Å². The van der Waals surface area contributed by atoms with Crippen molar-refractivity contribution in [3.8, 4) is 0 Å². The SMILES string of the molecule is O=C(NCCc1cccnc1)c1cccc2c1CCNC2. The average Bonchev–Trinajstić information content (AvgIpc) is 2.55. The summed E-state index contributed by atoms with van der Waals surface area (Å²) in [6.07, 6.45) is 5.31. The number of nitrogens with one attached hydrogen (secondary N) is 2. The Morgan fingerprint density at radius 3 is 3.10 bits per heavy atom. The first-order valence-electron chi connectivity index (χ1n) is 7.33. The van der Waals surface area contributed by atoms with E-state index in [0.29, 0.717) is 6.54 Å². The molecule has 0 radical (unpaired) electrons. The third-order valence-corrected chi connectivity index (χ3v) is 3.81. The second-order valence-corrected chi connectivity index (χ2v) is 5.24. The maximum Gasteiger partial charge on any atom is 0.251 e. The summed E-state index contributed by atoms with van der Waals surface area (Å²) in [5.74, 6) is 0.0256. The second kappa shape index (κ2) is 6.50. The number of hydrogen-bond donors (Lipinski definition) is 2. The number of benzene rings is 1. The number of rotatable bonds is 4. The molecule has 4 heteroatoms. The molecule has 0 spiro atoms. The molecular formula is C17H19N3O. The number of fused-ring (bicyclic) bond motifs is 1. The molecule has 0 unspecified atom stereocenters. The Kier molecular flexibility index (Phi) is 4.26. The molecule has 1 amide bonds. The lowest BCUT2D eigenvalue weighted by atomic mass is 9.95. The van der Waals surface area contributed by atoms with Gasteiger partial charge in [-0.3, -0.25) is 9.78 Å². The summed E-state index contributed by atoms with van der Waals surface area (Å²) in [5, 5.41) is 6.34. The lowest BCUT2D eigenvalue weighted by Crippen LogP contribution is -2.30. The number of nitrogens with zero attached hydrogens (tertiary/aromatic N) is 1. The number of carbonyl (C=O) groups excluding carboxylic acids is 1. The van der Waals surface area contributed by atoms with Gasteiger partial charge in [0.1, 0.15) is 0 Å². The molecule has 1 aromatic carbocycles. The summed E-state index contributed by atoms with van der Waals surface area (Å²) >= 11 is 0. The zero-order valence-electron chi connectivity index (χ0n) is 11.9. The van der Waals surface area contributed by atoms with Crippen molar-refractivity contribution >= 4 is 5.91 Å². The number of hydrogen-bond acceptors (Lipinski definition) is 3. The van der Waals surface area contributed by atoms with Gasteiger partial charge in [-0.05, 0) is 48.2 Å². The largest absolute Gasteiger partial charge is 0.352 e. The Labute approximate surface area is 124 Å². The Morgan fingerprint density at radius 2 is 2.24 bits per heavy atom. The zero-order chi connectivity index (χ0) is 14.5. The van der Waals surface area contributed by atoms with Crippen molar-refractivity contribution in [3.05, 3.63) is 65.0 Å². The molecule has 108 valence electrons. The molecule has 1 aliphatic heterocycles. The third-order valence-electron chi connectivity index (χ3n) is 3.81. The van der Waals surface area contributed by atoms with Crippen LogP contribution in [0.15, 0.2) is 42.7 Å². The van der Waals surface area contributed by atoms with E-state index in [1.165, 1.54) is 11.1 Å². The minimum absolute atomic E-state index is 0.0256. The van der Waals surface area contributed by atoms with E-state index in [-0.39, 0.29) is 5.91 Å². The van der Waals surface area contributed by atoms with Gasteiger partial charge in [0.2, 0.25) is 0 Å². The molecule has 0 bridgehead atoms. The number of pyridine rings is 1. The summed E-state index contributed by atoms with van der Waals surface area (Å²) in [6, 6.07) is 9.91. The fourth-order valence-electron chi connectivity index (χ4n) is 2.71. The van der Waals surface area contributed by atoms with Gasteiger partial charge < -0.3 is 10.6 Å². The lowest BCUT2D eigenvalue weighted by Gasteiger charge is -2.19. The molecule has 2 N–H and O–H groups in total. The smallest absolute Gasteiger partial charge is 0.251 e. The van der Waals surface area contributed by atoms with Gasteiger partial charge in [-0.2, -0.15) is 0 Å². The highest BCUT2D eigenvalue weighted by atomic mass is 16.1.